The predicted molar refractivity (Wildman–Crippen MR) is 105 cm³/mol. The van der Waals surface area contributed by atoms with E-state index < -0.39 is 0 Å². The number of aryl methyl sites for hydroxylation is 2. The van der Waals surface area contributed by atoms with Crippen LogP contribution in [-0.4, -0.2) is 26.7 Å². The molecule has 138 valence electrons. The summed E-state index contributed by atoms with van der Waals surface area (Å²) in [5.74, 6) is 2.03. The molecule has 1 aromatic carbocycles. The molecule has 0 amide bonds. The van der Waals surface area contributed by atoms with Gasteiger partial charge in [-0.1, -0.05) is 18.6 Å². The second kappa shape index (κ2) is 6.81. The van der Waals surface area contributed by atoms with Crippen molar-refractivity contribution in [3.05, 3.63) is 46.9 Å². The van der Waals surface area contributed by atoms with Crippen LogP contribution in [0.4, 0.5) is 0 Å². The maximum Gasteiger partial charge on any atom is 0.189 e. The van der Waals surface area contributed by atoms with E-state index in [1.807, 2.05) is 35.6 Å². The average Bonchev–Trinajstić information content (AvgIpc) is 3.19. The quantitative estimate of drug-likeness (QED) is 0.497. The smallest absolute Gasteiger partial charge is 0.189 e. The molecule has 0 radical (unpaired) electrons. The van der Waals surface area contributed by atoms with Crippen LogP contribution in [0.1, 0.15) is 35.5 Å². The second-order valence-corrected chi connectivity index (χ2v) is 7.81. The first-order valence-electron chi connectivity index (χ1n) is 9.24. The highest BCUT2D eigenvalue weighted by molar-refractivity contribution is 7.19. The molecule has 0 atom stereocenters. The van der Waals surface area contributed by atoms with E-state index >= 15 is 0 Å². The Bertz CT molecular complexity index is 1120. The Morgan fingerprint density at radius 1 is 1.11 bits per heavy atom. The number of ether oxygens (including phenoxy) is 2. The molecule has 0 fully saturated rings. The molecule has 3 aromatic heterocycles. The molecule has 0 bridgehead atoms. The van der Waals surface area contributed by atoms with Crippen LogP contribution < -0.4 is 9.47 Å². The van der Waals surface area contributed by atoms with Gasteiger partial charge >= 0.3 is 0 Å². The van der Waals surface area contributed by atoms with Crippen LogP contribution in [0.5, 0.6) is 11.5 Å². The Morgan fingerprint density at radius 3 is 2.85 bits per heavy atom. The normalized spacial score (nSPS) is 14.3. The Hall–Kier alpha value is -2.67. The number of hydrogen-bond acceptors (Lipinski definition) is 6. The van der Waals surface area contributed by atoms with Crippen molar-refractivity contribution < 1.29 is 9.47 Å². The lowest BCUT2D eigenvalue weighted by atomic mass is 10.1. The summed E-state index contributed by atoms with van der Waals surface area (Å²) in [6, 6.07) is 7.59. The van der Waals surface area contributed by atoms with Crippen molar-refractivity contribution in [2.24, 2.45) is 0 Å². The summed E-state index contributed by atoms with van der Waals surface area (Å²) in [5.41, 5.74) is 2.31. The van der Waals surface area contributed by atoms with Crippen molar-refractivity contribution >= 4 is 27.2 Å². The predicted octanol–water partition coefficient (Wildman–Crippen LogP) is 4.20. The number of nitrogens with zero attached hydrogens (tertiary/aromatic N) is 4. The van der Waals surface area contributed by atoms with Crippen LogP contribution in [0.15, 0.2) is 30.6 Å². The molecule has 0 saturated carbocycles. The molecule has 4 aromatic rings. The summed E-state index contributed by atoms with van der Waals surface area (Å²) in [5, 5.41) is 5.74. The van der Waals surface area contributed by atoms with Gasteiger partial charge in [0.1, 0.15) is 17.8 Å². The lowest BCUT2D eigenvalue weighted by molar-refractivity contribution is 0.276. The molecular weight excluding hydrogens is 360 g/mol. The molecule has 0 unspecified atom stereocenters. The van der Waals surface area contributed by atoms with Gasteiger partial charge in [0, 0.05) is 4.88 Å². The molecule has 1 aliphatic carbocycles. The van der Waals surface area contributed by atoms with Crippen molar-refractivity contribution in [1.82, 2.24) is 19.6 Å². The molecule has 0 N–H and O–H groups in total. The summed E-state index contributed by atoms with van der Waals surface area (Å²) in [6.07, 6.45) is 7.81. The Labute approximate surface area is 160 Å². The topological polar surface area (TPSA) is 61.5 Å². The van der Waals surface area contributed by atoms with Crippen molar-refractivity contribution in [2.45, 2.75) is 38.7 Å². The first-order chi connectivity index (χ1) is 13.3. The Balaban J connectivity index is 1.51. The van der Waals surface area contributed by atoms with Gasteiger partial charge in [-0.15, -0.1) is 16.4 Å². The van der Waals surface area contributed by atoms with Crippen molar-refractivity contribution in [3.63, 3.8) is 0 Å². The first-order valence-corrected chi connectivity index (χ1v) is 10.1. The highest BCUT2D eigenvalue weighted by Gasteiger charge is 2.20. The van der Waals surface area contributed by atoms with Gasteiger partial charge < -0.3 is 9.47 Å². The molecule has 7 heteroatoms. The van der Waals surface area contributed by atoms with Crippen LogP contribution >= 0.6 is 11.3 Å². The highest BCUT2D eigenvalue weighted by atomic mass is 32.1. The van der Waals surface area contributed by atoms with Crippen LogP contribution in [0, 0.1) is 0 Å². The molecule has 3 heterocycles. The fourth-order valence-corrected chi connectivity index (χ4v) is 4.94. The van der Waals surface area contributed by atoms with Crippen LogP contribution in [0.2, 0.25) is 0 Å². The van der Waals surface area contributed by atoms with Crippen LogP contribution in [0.3, 0.4) is 0 Å². The monoisotopic (exact) mass is 380 g/mol. The van der Waals surface area contributed by atoms with E-state index in [2.05, 4.69) is 10.1 Å². The molecule has 0 spiro atoms. The number of para-hydroxylation sites is 2. The molecular formula is C20H20N4O2S. The molecule has 0 aliphatic heterocycles. The van der Waals surface area contributed by atoms with E-state index in [1.54, 1.807) is 18.0 Å². The van der Waals surface area contributed by atoms with E-state index in [0.29, 0.717) is 17.3 Å². The minimum absolute atomic E-state index is 0.288. The van der Waals surface area contributed by atoms with Gasteiger partial charge in [-0.2, -0.15) is 0 Å². The average molecular weight is 380 g/mol. The molecule has 0 saturated heterocycles. The lowest BCUT2D eigenvalue weighted by Gasteiger charge is -2.08. The SMILES string of the molecule is COc1ccccc1OCc1nc2c3c4c(sc3ncn2n1)CCCCC4. The zero-order valence-electron chi connectivity index (χ0n) is 15.1. The number of hydrogen-bond donors (Lipinski definition) is 0. The van der Waals surface area contributed by atoms with Gasteiger partial charge in [0.05, 0.1) is 12.5 Å². The molecule has 1 aliphatic rings. The van der Waals surface area contributed by atoms with E-state index in [1.165, 1.54) is 35.1 Å². The minimum atomic E-state index is 0.288. The fraction of sp³-hybridized carbons (Fsp3) is 0.350. The first kappa shape index (κ1) is 16.5. The zero-order valence-corrected chi connectivity index (χ0v) is 16.0. The summed E-state index contributed by atoms with van der Waals surface area (Å²) < 4.78 is 13.0. The Kier molecular flexibility index (Phi) is 4.16. The van der Waals surface area contributed by atoms with Gasteiger partial charge in [0.2, 0.25) is 0 Å². The largest absolute Gasteiger partial charge is 0.493 e. The fourth-order valence-electron chi connectivity index (χ4n) is 3.72. The van der Waals surface area contributed by atoms with E-state index in [9.17, 15) is 0 Å². The number of thiophene rings is 1. The summed E-state index contributed by atoms with van der Waals surface area (Å²) in [7, 11) is 1.63. The van der Waals surface area contributed by atoms with Crippen molar-refractivity contribution in [1.29, 1.82) is 0 Å². The highest BCUT2D eigenvalue weighted by Crippen LogP contribution is 2.36. The van der Waals surface area contributed by atoms with Crippen LogP contribution in [-0.2, 0) is 19.4 Å². The third-order valence-electron chi connectivity index (χ3n) is 5.01. The van der Waals surface area contributed by atoms with Gasteiger partial charge in [0.15, 0.2) is 23.0 Å². The maximum atomic E-state index is 5.89. The summed E-state index contributed by atoms with van der Waals surface area (Å²) >= 11 is 1.81. The van der Waals surface area contributed by atoms with Gasteiger partial charge in [0.25, 0.3) is 0 Å². The van der Waals surface area contributed by atoms with E-state index in [4.69, 9.17) is 14.5 Å². The second-order valence-electron chi connectivity index (χ2n) is 6.72. The molecule has 27 heavy (non-hydrogen) atoms. The van der Waals surface area contributed by atoms with Crippen LogP contribution in [0.25, 0.3) is 15.9 Å². The van der Waals surface area contributed by atoms with Crippen molar-refractivity contribution in [3.8, 4) is 11.5 Å². The standard InChI is InChI=1S/C20H20N4O2S/c1-25-14-8-5-6-9-15(14)26-11-17-22-19-18-13-7-3-2-4-10-16(13)27-20(18)21-12-24(19)23-17/h5-6,8-9,12H,2-4,7,10-11H2,1H3. The number of aromatic nitrogens is 4. The third kappa shape index (κ3) is 2.92. The summed E-state index contributed by atoms with van der Waals surface area (Å²) in [6.45, 7) is 0.288. The Morgan fingerprint density at radius 2 is 1.96 bits per heavy atom. The zero-order chi connectivity index (χ0) is 18.2. The number of methoxy groups -OCH3 is 1. The summed E-state index contributed by atoms with van der Waals surface area (Å²) in [4.78, 5) is 11.9. The van der Waals surface area contributed by atoms with E-state index in [-0.39, 0.29) is 6.61 Å². The molecule has 6 nitrogen and oxygen atoms in total. The lowest BCUT2D eigenvalue weighted by Crippen LogP contribution is -1.99. The third-order valence-corrected chi connectivity index (χ3v) is 6.21. The van der Waals surface area contributed by atoms with Gasteiger partial charge in [-0.25, -0.2) is 14.5 Å². The molecule has 5 rings (SSSR count). The number of fused-ring (bicyclic) bond motifs is 5. The van der Waals surface area contributed by atoms with E-state index in [0.717, 1.165) is 23.3 Å². The van der Waals surface area contributed by atoms with Gasteiger partial charge in [-0.05, 0) is 43.4 Å². The number of rotatable bonds is 4. The maximum absolute atomic E-state index is 5.89. The van der Waals surface area contributed by atoms with Crippen molar-refractivity contribution in [2.75, 3.05) is 7.11 Å². The van der Waals surface area contributed by atoms with Gasteiger partial charge in [-0.3, -0.25) is 0 Å². The minimum Gasteiger partial charge on any atom is -0.493 e. The number of benzene rings is 1.